The van der Waals surface area contributed by atoms with Crippen molar-refractivity contribution in [3.05, 3.63) is 52.8 Å². The average Bonchev–Trinajstić information content (AvgIpc) is 3.08. The van der Waals surface area contributed by atoms with Crippen LogP contribution in [0.5, 0.6) is 5.75 Å². The molecule has 1 aliphatic rings. The lowest BCUT2D eigenvalue weighted by Crippen LogP contribution is -2.46. The fraction of sp³-hybridized carbons (Fsp3) is 0.250. The summed E-state index contributed by atoms with van der Waals surface area (Å²) in [6, 6.07) is 5.50. The van der Waals surface area contributed by atoms with Crippen LogP contribution >= 0.6 is 11.3 Å². The van der Waals surface area contributed by atoms with Crippen LogP contribution in [-0.4, -0.2) is 29.6 Å². The minimum Gasteiger partial charge on any atom is -0.478 e. The van der Waals surface area contributed by atoms with Gasteiger partial charge in [-0.25, -0.2) is 18.2 Å². The van der Waals surface area contributed by atoms with Crippen molar-refractivity contribution in [3.63, 3.8) is 0 Å². The molecule has 6 nitrogen and oxygen atoms in total. The first-order chi connectivity index (χ1) is 14.4. The van der Waals surface area contributed by atoms with E-state index in [9.17, 15) is 22.8 Å². The van der Waals surface area contributed by atoms with E-state index in [-0.39, 0.29) is 41.2 Å². The van der Waals surface area contributed by atoms with Crippen LogP contribution < -0.4 is 9.64 Å². The van der Waals surface area contributed by atoms with Gasteiger partial charge in [0.2, 0.25) is 0 Å². The summed E-state index contributed by atoms with van der Waals surface area (Å²) in [7, 11) is 0. The molecule has 1 aromatic heterocycles. The maximum atomic E-state index is 14.0. The van der Waals surface area contributed by atoms with Crippen LogP contribution in [-0.2, 0) is 20.9 Å². The SMILES string of the molecule is CCOC(=O)CC1Oc2ccc(F)cc2N(Cc2nc3cc(F)cc(F)c3s2)C1=O. The minimum atomic E-state index is -1.16. The Bertz CT molecular complexity index is 1150. The van der Waals surface area contributed by atoms with Gasteiger partial charge in [-0.3, -0.25) is 14.5 Å². The highest BCUT2D eigenvalue weighted by molar-refractivity contribution is 7.18. The third-order valence-corrected chi connectivity index (χ3v) is 5.49. The number of benzene rings is 2. The molecule has 156 valence electrons. The number of nitrogens with zero attached hydrogens (tertiary/aromatic N) is 2. The van der Waals surface area contributed by atoms with Crippen molar-refractivity contribution >= 4 is 39.1 Å². The number of anilines is 1. The predicted molar refractivity (Wildman–Crippen MR) is 103 cm³/mol. The predicted octanol–water partition coefficient (Wildman–Crippen LogP) is 3.96. The lowest BCUT2D eigenvalue weighted by molar-refractivity contribution is -0.147. The van der Waals surface area contributed by atoms with E-state index in [1.165, 1.54) is 17.0 Å². The molecule has 0 fully saturated rings. The summed E-state index contributed by atoms with van der Waals surface area (Å²) in [4.78, 5) is 30.3. The molecule has 0 radical (unpaired) electrons. The summed E-state index contributed by atoms with van der Waals surface area (Å²) in [5, 5.41) is 0.315. The van der Waals surface area contributed by atoms with Crippen LogP contribution in [0.1, 0.15) is 18.4 Å². The third-order valence-electron chi connectivity index (χ3n) is 4.43. The van der Waals surface area contributed by atoms with E-state index in [0.29, 0.717) is 5.01 Å². The van der Waals surface area contributed by atoms with Crippen molar-refractivity contribution in [3.8, 4) is 5.75 Å². The molecule has 0 spiro atoms. The van der Waals surface area contributed by atoms with E-state index in [4.69, 9.17) is 9.47 Å². The Labute approximate surface area is 172 Å². The lowest BCUT2D eigenvalue weighted by atomic mass is 10.1. The van der Waals surface area contributed by atoms with Gasteiger partial charge >= 0.3 is 5.97 Å². The van der Waals surface area contributed by atoms with E-state index in [2.05, 4.69) is 4.98 Å². The number of thiazole rings is 1. The summed E-state index contributed by atoms with van der Waals surface area (Å²) in [5.74, 6) is -3.10. The number of ether oxygens (including phenoxy) is 2. The van der Waals surface area contributed by atoms with Gasteiger partial charge in [0.25, 0.3) is 5.91 Å². The monoisotopic (exact) mass is 436 g/mol. The first kappa shape index (κ1) is 20.1. The number of carbonyl (C=O) groups excluding carboxylic acids is 2. The van der Waals surface area contributed by atoms with E-state index in [1.54, 1.807) is 6.92 Å². The topological polar surface area (TPSA) is 68.7 Å². The maximum Gasteiger partial charge on any atom is 0.310 e. The molecule has 3 aromatic rings. The summed E-state index contributed by atoms with van der Waals surface area (Å²) < 4.78 is 51.9. The standard InChI is InChI=1S/C20H15F3N2O4S/c1-2-28-18(26)8-16-20(27)25(14-7-10(21)3-4-15(14)29-16)9-17-24-13-6-11(22)5-12(23)19(13)30-17/h3-7,16H,2,8-9H2,1H3. The summed E-state index contributed by atoms with van der Waals surface area (Å²) in [6.45, 7) is 1.67. The third kappa shape index (κ3) is 3.82. The molecule has 30 heavy (non-hydrogen) atoms. The summed E-state index contributed by atoms with van der Waals surface area (Å²) in [5.41, 5.74) is 0.279. The van der Waals surface area contributed by atoms with Crippen LogP contribution in [0.25, 0.3) is 10.2 Å². The molecule has 1 unspecified atom stereocenters. The fourth-order valence-electron chi connectivity index (χ4n) is 3.17. The zero-order chi connectivity index (χ0) is 21.4. The number of rotatable bonds is 5. The van der Waals surface area contributed by atoms with E-state index in [1.807, 2.05) is 0 Å². The highest BCUT2D eigenvalue weighted by Gasteiger charge is 2.37. The average molecular weight is 436 g/mol. The van der Waals surface area contributed by atoms with Gasteiger partial charge in [0.05, 0.1) is 35.5 Å². The molecule has 0 bridgehead atoms. The van der Waals surface area contributed by atoms with Gasteiger partial charge in [-0.05, 0) is 19.1 Å². The van der Waals surface area contributed by atoms with E-state index < -0.39 is 35.4 Å². The lowest BCUT2D eigenvalue weighted by Gasteiger charge is -2.33. The van der Waals surface area contributed by atoms with Crippen LogP contribution in [0.4, 0.5) is 18.9 Å². The molecule has 10 heteroatoms. The molecule has 0 aliphatic carbocycles. The molecule has 1 atom stereocenters. The molecule has 1 aliphatic heterocycles. The van der Waals surface area contributed by atoms with Crippen molar-refractivity contribution in [2.45, 2.75) is 26.0 Å². The number of hydrogen-bond acceptors (Lipinski definition) is 6. The normalized spacial score (nSPS) is 15.8. The highest BCUT2D eigenvalue weighted by atomic mass is 32.1. The van der Waals surface area contributed by atoms with Gasteiger partial charge in [-0.2, -0.15) is 0 Å². The van der Waals surface area contributed by atoms with Crippen LogP contribution in [0.3, 0.4) is 0 Å². The van der Waals surface area contributed by atoms with Crippen molar-refractivity contribution in [1.82, 2.24) is 4.98 Å². The van der Waals surface area contributed by atoms with Gasteiger partial charge in [0, 0.05) is 18.2 Å². The van der Waals surface area contributed by atoms with E-state index in [0.717, 1.165) is 29.5 Å². The Hall–Kier alpha value is -3.14. The zero-order valence-corrected chi connectivity index (χ0v) is 16.5. The largest absolute Gasteiger partial charge is 0.478 e. The number of amides is 1. The van der Waals surface area contributed by atoms with Crippen LogP contribution in [0.2, 0.25) is 0 Å². The number of carbonyl (C=O) groups is 2. The Morgan fingerprint density at radius 3 is 2.80 bits per heavy atom. The Morgan fingerprint density at radius 1 is 1.23 bits per heavy atom. The summed E-state index contributed by atoms with van der Waals surface area (Å²) in [6.07, 6.45) is -1.48. The summed E-state index contributed by atoms with van der Waals surface area (Å²) >= 11 is 0.958. The number of esters is 1. The van der Waals surface area contributed by atoms with Gasteiger partial charge in [0.15, 0.2) is 6.10 Å². The smallest absolute Gasteiger partial charge is 0.310 e. The van der Waals surface area contributed by atoms with E-state index >= 15 is 0 Å². The molecule has 1 amide bonds. The molecule has 2 aromatic carbocycles. The van der Waals surface area contributed by atoms with Gasteiger partial charge in [-0.1, -0.05) is 0 Å². The van der Waals surface area contributed by atoms with Crippen molar-refractivity contribution < 1.29 is 32.2 Å². The molecule has 4 rings (SSSR count). The molecule has 2 heterocycles. The number of aromatic nitrogens is 1. The highest BCUT2D eigenvalue weighted by Crippen LogP contribution is 2.37. The number of halogens is 3. The maximum absolute atomic E-state index is 14.0. The fourth-order valence-corrected chi connectivity index (χ4v) is 4.11. The number of fused-ring (bicyclic) bond motifs is 2. The van der Waals surface area contributed by atoms with Crippen molar-refractivity contribution in [2.24, 2.45) is 0 Å². The van der Waals surface area contributed by atoms with Crippen molar-refractivity contribution in [1.29, 1.82) is 0 Å². The van der Waals surface area contributed by atoms with Gasteiger partial charge in [0.1, 0.15) is 28.2 Å². The Balaban J connectivity index is 1.69. The minimum absolute atomic E-state index is 0.121. The second-order valence-corrected chi connectivity index (χ2v) is 7.58. The number of hydrogen-bond donors (Lipinski definition) is 0. The first-order valence-electron chi connectivity index (χ1n) is 9.03. The Morgan fingerprint density at radius 2 is 2.03 bits per heavy atom. The molecule has 0 N–H and O–H groups in total. The van der Waals surface area contributed by atoms with Crippen LogP contribution in [0.15, 0.2) is 30.3 Å². The molecular weight excluding hydrogens is 421 g/mol. The molecular formula is C20H15F3N2O4S. The Kier molecular flexibility index (Phi) is 5.33. The van der Waals surface area contributed by atoms with Crippen LogP contribution in [0, 0.1) is 17.5 Å². The zero-order valence-electron chi connectivity index (χ0n) is 15.7. The second kappa shape index (κ2) is 7.94. The van der Waals surface area contributed by atoms with Gasteiger partial charge < -0.3 is 9.47 Å². The quantitative estimate of drug-likeness (QED) is 0.567. The molecule has 0 saturated carbocycles. The second-order valence-electron chi connectivity index (χ2n) is 6.50. The molecule has 0 saturated heterocycles. The van der Waals surface area contributed by atoms with Crippen molar-refractivity contribution in [2.75, 3.05) is 11.5 Å². The van der Waals surface area contributed by atoms with Gasteiger partial charge in [-0.15, -0.1) is 11.3 Å². The first-order valence-corrected chi connectivity index (χ1v) is 9.85.